The Kier molecular flexibility index (Phi) is 3.69. The lowest BCUT2D eigenvalue weighted by molar-refractivity contribution is -0.384. The fourth-order valence-corrected chi connectivity index (χ4v) is 1.12. The highest BCUT2D eigenvalue weighted by Gasteiger charge is 2.16. The van der Waals surface area contributed by atoms with Crippen LogP contribution in [0, 0.1) is 22.0 Å². The van der Waals surface area contributed by atoms with Gasteiger partial charge in [0.25, 0.3) is 5.69 Å². The molecule has 0 aliphatic rings. The molecule has 0 aromatic heterocycles. The number of hydrogen-bond acceptors (Lipinski definition) is 5. The predicted molar refractivity (Wildman–Crippen MR) is 58.0 cm³/mol. The molecule has 1 rings (SSSR count). The van der Waals surface area contributed by atoms with Crippen LogP contribution in [-0.2, 0) is 0 Å². The molecular weight excluding hydrogens is 212 g/mol. The van der Waals surface area contributed by atoms with Gasteiger partial charge in [-0.15, -0.1) is 0 Å². The van der Waals surface area contributed by atoms with E-state index in [0.717, 1.165) is 0 Å². The van der Waals surface area contributed by atoms with Crippen LogP contribution in [0.2, 0.25) is 0 Å². The van der Waals surface area contributed by atoms with Crippen molar-refractivity contribution >= 4 is 11.4 Å². The zero-order chi connectivity index (χ0) is 12.1. The van der Waals surface area contributed by atoms with Gasteiger partial charge in [-0.3, -0.25) is 10.1 Å². The van der Waals surface area contributed by atoms with E-state index < -0.39 is 4.92 Å². The van der Waals surface area contributed by atoms with E-state index in [1.165, 1.54) is 19.2 Å². The Labute approximate surface area is 91.8 Å². The fraction of sp³-hybridized carbons (Fsp3) is 0.200. The van der Waals surface area contributed by atoms with Crippen LogP contribution in [0.3, 0.4) is 0 Å². The first kappa shape index (κ1) is 11.8. The number of aliphatic hydroxyl groups is 1. The lowest BCUT2D eigenvalue weighted by Gasteiger charge is -2.04. The standard InChI is InChI=1S/C10H10N2O4/c1-16-8-5-7(3-2-4-13)10(11)9(6-8)12(14)15/h5-6,13H,4,11H2,1H3. The Morgan fingerprint density at radius 2 is 2.31 bits per heavy atom. The number of ether oxygens (including phenoxy) is 1. The van der Waals surface area contributed by atoms with Gasteiger partial charge in [-0.05, 0) is 6.07 Å². The molecule has 0 spiro atoms. The number of aliphatic hydroxyl groups excluding tert-OH is 1. The zero-order valence-electron chi connectivity index (χ0n) is 8.56. The first-order chi connectivity index (χ1) is 7.60. The topological polar surface area (TPSA) is 98.6 Å². The van der Waals surface area contributed by atoms with Gasteiger partial charge >= 0.3 is 0 Å². The van der Waals surface area contributed by atoms with Gasteiger partial charge in [0.05, 0.1) is 23.7 Å². The Morgan fingerprint density at radius 1 is 1.62 bits per heavy atom. The molecule has 1 aromatic carbocycles. The summed E-state index contributed by atoms with van der Waals surface area (Å²) in [7, 11) is 1.39. The van der Waals surface area contributed by atoms with E-state index >= 15 is 0 Å². The second-order valence-electron chi connectivity index (χ2n) is 2.82. The minimum atomic E-state index is -0.609. The molecule has 0 aliphatic heterocycles. The second kappa shape index (κ2) is 5.00. The highest BCUT2D eigenvalue weighted by atomic mass is 16.6. The van der Waals surface area contributed by atoms with Gasteiger partial charge < -0.3 is 15.6 Å². The molecule has 0 bridgehead atoms. The number of nitrogens with zero attached hydrogens (tertiary/aromatic N) is 1. The maximum absolute atomic E-state index is 10.7. The molecule has 1 aromatic rings. The molecule has 6 heteroatoms. The number of nitro benzene ring substituents is 1. The molecule has 0 amide bonds. The minimum Gasteiger partial charge on any atom is -0.496 e. The molecule has 0 heterocycles. The van der Waals surface area contributed by atoms with E-state index in [1.54, 1.807) is 0 Å². The monoisotopic (exact) mass is 222 g/mol. The molecule has 0 fully saturated rings. The molecule has 0 saturated carbocycles. The average molecular weight is 222 g/mol. The van der Waals surface area contributed by atoms with Crippen molar-refractivity contribution in [3.63, 3.8) is 0 Å². The van der Waals surface area contributed by atoms with Crippen LogP contribution in [0.15, 0.2) is 12.1 Å². The molecule has 0 unspecified atom stereocenters. The van der Waals surface area contributed by atoms with Gasteiger partial charge in [-0.25, -0.2) is 0 Å². The van der Waals surface area contributed by atoms with E-state index in [9.17, 15) is 10.1 Å². The third-order valence-corrected chi connectivity index (χ3v) is 1.87. The normalized spacial score (nSPS) is 9.12. The van der Waals surface area contributed by atoms with Crippen molar-refractivity contribution in [2.75, 3.05) is 19.5 Å². The van der Waals surface area contributed by atoms with Crippen molar-refractivity contribution in [2.24, 2.45) is 0 Å². The predicted octanol–water partition coefficient (Wildman–Crippen LogP) is 0.529. The first-order valence-corrected chi connectivity index (χ1v) is 4.31. The van der Waals surface area contributed by atoms with Crippen LogP contribution < -0.4 is 10.5 Å². The summed E-state index contributed by atoms with van der Waals surface area (Å²) in [5.41, 5.74) is 5.53. The summed E-state index contributed by atoms with van der Waals surface area (Å²) >= 11 is 0. The summed E-state index contributed by atoms with van der Waals surface area (Å²) < 4.78 is 4.89. The van der Waals surface area contributed by atoms with E-state index in [1.807, 2.05) is 0 Å². The first-order valence-electron chi connectivity index (χ1n) is 4.31. The van der Waals surface area contributed by atoms with Gasteiger partial charge in [0.1, 0.15) is 18.0 Å². The van der Waals surface area contributed by atoms with Crippen molar-refractivity contribution in [3.8, 4) is 17.6 Å². The summed E-state index contributed by atoms with van der Waals surface area (Å²) in [5, 5.41) is 19.2. The van der Waals surface area contributed by atoms with Crippen LogP contribution in [0.25, 0.3) is 0 Å². The van der Waals surface area contributed by atoms with Gasteiger partial charge in [0.2, 0.25) is 0 Å². The molecule has 0 saturated heterocycles. The molecule has 16 heavy (non-hydrogen) atoms. The van der Waals surface area contributed by atoms with E-state index in [-0.39, 0.29) is 23.5 Å². The van der Waals surface area contributed by atoms with Crippen LogP contribution in [0.1, 0.15) is 5.56 Å². The summed E-state index contributed by atoms with van der Waals surface area (Å²) in [6.45, 7) is -0.343. The summed E-state index contributed by atoms with van der Waals surface area (Å²) in [6.07, 6.45) is 0. The maximum Gasteiger partial charge on any atom is 0.297 e. The van der Waals surface area contributed by atoms with Crippen LogP contribution in [0.5, 0.6) is 5.75 Å². The summed E-state index contributed by atoms with van der Waals surface area (Å²) in [5.74, 6) is 5.19. The zero-order valence-corrected chi connectivity index (χ0v) is 8.56. The maximum atomic E-state index is 10.7. The molecular formula is C10H10N2O4. The number of nitro groups is 1. The van der Waals surface area contributed by atoms with Crippen molar-refractivity contribution in [1.82, 2.24) is 0 Å². The average Bonchev–Trinajstić information content (AvgIpc) is 2.27. The van der Waals surface area contributed by atoms with Crippen molar-refractivity contribution in [2.45, 2.75) is 0 Å². The number of nitrogen functional groups attached to an aromatic ring is 1. The number of nitrogens with two attached hydrogens (primary N) is 1. The quantitative estimate of drug-likeness (QED) is 0.329. The van der Waals surface area contributed by atoms with Crippen molar-refractivity contribution < 1.29 is 14.8 Å². The molecule has 84 valence electrons. The number of rotatable bonds is 2. The second-order valence-corrected chi connectivity index (χ2v) is 2.82. The Bertz CT molecular complexity index is 474. The molecule has 0 radical (unpaired) electrons. The minimum absolute atomic E-state index is 0.0354. The largest absolute Gasteiger partial charge is 0.496 e. The van der Waals surface area contributed by atoms with Gasteiger partial charge in [-0.1, -0.05) is 11.8 Å². The Hall–Kier alpha value is -2.26. The third kappa shape index (κ3) is 2.40. The van der Waals surface area contributed by atoms with Crippen molar-refractivity contribution in [1.29, 1.82) is 0 Å². The molecule has 0 atom stereocenters. The van der Waals surface area contributed by atoms with Crippen molar-refractivity contribution in [3.05, 3.63) is 27.8 Å². The van der Waals surface area contributed by atoms with Gasteiger partial charge in [0.15, 0.2) is 0 Å². The SMILES string of the molecule is COc1cc(C#CCO)c(N)c([N+](=O)[O-])c1. The van der Waals surface area contributed by atoms with Gasteiger partial charge in [0, 0.05) is 0 Å². The molecule has 6 nitrogen and oxygen atoms in total. The Morgan fingerprint density at radius 3 is 2.81 bits per heavy atom. The molecule has 3 N–H and O–H groups in total. The number of benzene rings is 1. The van der Waals surface area contributed by atoms with Gasteiger partial charge in [-0.2, -0.15) is 0 Å². The number of methoxy groups -OCH3 is 1. The van der Waals surface area contributed by atoms with Crippen LogP contribution >= 0.6 is 0 Å². The number of anilines is 1. The van der Waals surface area contributed by atoms with Crippen LogP contribution in [-0.4, -0.2) is 23.7 Å². The fourth-order valence-electron chi connectivity index (χ4n) is 1.12. The summed E-state index contributed by atoms with van der Waals surface area (Å²) in [6, 6.07) is 2.70. The lowest BCUT2D eigenvalue weighted by Crippen LogP contribution is -1.99. The van der Waals surface area contributed by atoms with E-state index in [0.29, 0.717) is 5.75 Å². The summed E-state index contributed by atoms with van der Waals surface area (Å²) in [4.78, 5) is 10.1. The third-order valence-electron chi connectivity index (χ3n) is 1.87. The smallest absolute Gasteiger partial charge is 0.297 e. The highest BCUT2D eigenvalue weighted by molar-refractivity contribution is 5.70. The van der Waals surface area contributed by atoms with E-state index in [4.69, 9.17) is 15.6 Å². The van der Waals surface area contributed by atoms with Crippen LogP contribution in [0.4, 0.5) is 11.4 Å². The van der Waals surface area contributed by atoms with E-state index in [2.05, 4.69) is 11.8 Å². The highest BCUT2D eigenvalue weighted by Crippen LogP contribution is 2.30. The number of hydrogen-bond donors (Lipinski definition) is 2. The molecule has 0 aliphatic carbocycles. The lowest BCUT2D eigenvalue weighted by atomic mass is 10.1. The Balaban J connectivity index is 3.37.